The van der Waals surface area contributed by atoms with Crippen molar-refractivity contribution in [3.63, 3.8) is 0 Å². The quantitative estimate of drug-likeness (QED) is 0.938. The summed E-state index contributed by atoms with van der Waals surface area (Å²) in [5, 5.41) is 0. The lowest BCUT2D eigenvalue weighted by molar-refractivity contribution is 0.308. The predicted octanol–water partition coefficient (Wildman–Crippen LogP) is 2.88. The highest BCUT2D eigenvalue weighted by molar-refractivity contribution is 5.50. The van der Waals surface area contributed by atoms with Crippen LogP contribution in [0.25, 0.3) is 0 Å². The second kappa shape index (κ2) is 5.66. The monoisotopic (exact) mass is 285 g/mol. The van der Waals surface area contributed by atoms with E-state index < -0.39 is 0 Å². The lowest BCUT2D eigenvalue weighted by Gasteiger charge is -2.23. The van der Waals surface area contributed by atoms with Crippen LogP contribution in [0.15, 0.2) is 42.5 Å². The van der Waals surface area contributed by atoms with Gasteiger partial charge in [0, 0.05) is 17.5 Å². The van der Waals surface area contributed by atoms with Crippen LogP contribution >= 0.6 is 0 Å². The fraction of sp³-hybridized carbons (Fsp3) is 0.294. The molecule has 4 heteroatoms. The van der Waals surface area contributed by atoms with Crippen LogP contribution in [0.4, 0.5) is 0 Å². The molecule has 2 aromatic rings. The molecule has 1 aliphatic heterocycles. The SMILES string of the molecule is COc1cccc(OC)c1C(N)C1COc2ccccc21. The fourth-order valence-electron chi connectivity index (χ4n) is 2.89. The van der Waals surface area contributed by atoms with Gasteiger partial charge in [0.1, 0.15) is 17.2 Å². The normalized spacial score (nSPS) is 17.8. The third-order valence-corrected chi connectivity index (χ3v) is 3.97. The number of methoxy groups -OCH3 is 2. The van der Waals surface area contributed by atoms with Crippen molar-refractivity contribution in [1.29, 1.82) is 0 Å². The maximum atomic E-state index is 6.53. The van der Waals surface area contributed by atoms with E-state index in [2.05, 4.69) is 6.07 Å². The van der Waals surface area contributed by atoms with Crippen LogP contribution in [0.2, 0.25) is 0 Å². The van der Waals surface area contributed by atoms with E-state index in [1.165, 1.54) is 0 Å². The summed E-state index contributed by atoms with van der Waals surface area (Å²) in [4.78, 5) is 0. The molecule has 0 amide bonds. The second-order valence-corrected chi connectivity index (χ2v) is 5.06. The molecule has 3 rings (SSSR count). The van der Waals surface area contributed by atoms with Crippen LogP contribution in [-0.4, -0.2) is 20.8 Å². The van der Waals surface area contributed by atoms with Gasteiger partial charge < -0.3 is 19.9 Å². The molecule has 0 aromatic heterocycles. The summed E-state index contributed by atoms with van der Waals surface area (Å²) in [6.07, 6.45) is 0. The second-order valence-electron chi connectivity index (χ2n) is 5.06. The molecule has 0 fully saturated rings. The van der Waals surface area contributed by atoms with Crippen molar-refractivity contribution in [2.24, 2.45) is 5.73 Å². The Morgan fingerprint density at radius 1 is 1.05 bits per heavy atom. The van der Waals surface area contributed by atoms with Gasteiger partial charge in [0.05, 0.1) is 26.4 Å². The molecule has 21 heavy (non-hydrogen) atoms. The number of hydrogen-bond donors (Lipinski definition) is 1. The number of ether oxygens (including phenoxy) is 3. The summed E-state index contributed by atoms with van der Waals surface area (Å²) in [5.74, 6) is 2.48. The molecule has 0 radical (unpaired) electrons. The molecule has 0 bridgehead atoms. The molecular weight excluding hydrogens is 266 g/mol. The van der Waals surface area contributed by atoms with Crippen LogP contribution in [0, 0.1) is 0 Å². The molecule has 2 atom stereocenters. The Morgan fingerprint density at radius 2 is 1.71 bits per heavy atom. The van der Waals surface area contributed by atoms with E-state index in [0.717, 1.165) is 28.4 Å². The summed E-state index contributed by atoms with van der Waals surface area (Å²) >= 11 is 0. The van der Waals surface area contributed by atoms with Crippen LogP contribution < -0.4 is 19.9 Å². The molecule has 110 valence electrons. The summed E-state index contributed by atoms with van der Waals surface area (Å²) in [5.41, 5.74) is 8.55. The van der Waals surface area contributed by atoms with E-state index in [9.17, 15) is 0 Å². The molecule has 4 nitrogen and oxygen atoms in total. The Balaban J connectivity index is 2.02. The van der Waals surface area contributed by atoms with Gasteiger partial charge in [-0.05, 0) is 18.2 Å². The van der Waals surface area contributed by atoms with Crippen molar-refractivity contribution in [3.8, 4) is 17.2 Å². The highest BCUT2D eigenvalue weighted by Gasteiger charge is 2.33. The van der Waals surface area contributed by atoms with Gasteiger partial charge in [0.15, 0.2) is 0 Å². The zero-order valence-electron chi connectivity index (χ0n) is 12.2. The predicted molar refractivity (Wildman–Crippen MR) is 81.2 cm³/mol. The third-order valence-electron chi connectivity index (χ3n) is 3.97. The first kappa shape index (κ1) is 13.8. The summed E-state index contributed by atoms with van der Waals surface area (Å²) in [6.45, 7) is 0.571. The van der Waals surface area contributed by atoms with E-state index in [0.29, 0.717) is 6.61 Å². The molecule has 2 aromatic carbocycles. The van der Waals surface area contributed by atoms with Gasteiger partial charge in [-0.1, -0.05) is 24.3 Å². The average Bonchev–Trinajstić information content (AvgIpc) is 2.97. The molecule has 0 saturated carbocycles. The smallest absolute Gasteiger partial charge is 0.127 e. The highest BCUT2D eigenvalue weighted by atomic mass is 16.5. The molecule has 1 heterocycles. The lowest BCUT2D eigenvalue weighted by atomic mass is 9.88. The van der Waals surface area contributed by atoms with Crippen molar-refractivity contribution in [3.05, 3.63) is 53.6 Å². The van der Waals surface area contributed by atoms with Gasteiger partial charge >= 0.3 is 0 Å². The first-order valence-corrected chi connectivity index (χ1v) is 6.94. The lowest BCUT2D eigenvalue weighted by Crippen LogP contribution is -2.22. The minimum Gasteiger partial charge on any atom is -0.496 e. The molecule has 0 saturated heterocycles. The Morgan fingerprint density at radius 3 is 2.38 bits per heavy atom. The minimum absolute atomic E-state index is 0.0893. The van der Waals surface area contributed by atoms with Crippen LogP contribution in [0.1, 0.15) is 23.1 Å². The Kier molecular flexibility index (Phi) is 3.71. The number of para-hydroxylation sites is 1. The van der Waals surface area contributed by atoms with E-state index in [1.807, 2.05) is 36.4 Å². The Bertz CT molecular complexity index is 619. The molecule has 2 unspecified atom stereocenters. The van der Waals surface area contributed by atoms with Gasteiger partial charge in [-0.15, -0.1) is 0 Å². The maximum Gasteiger partial charge on any atom is 0.127 e. The molecule has 1 aliphatic rings. The van der Waals surface area contributed by atoms with Crippen LogP contribution in [0.3, 0.4) is 0 Å². The number of benzene rings is 2. The summed E-state index contributed by atoms with van der Waals surface area (Å²) in [7, 11) is 3.29. The van der Waals surface area contributed by atoms with Gasteiger partial charge in [-0.2, -0.15) is 0 Å². The highest BCUT2D eigenvalue weighted by Crippen LogP contribution is 2.44. The molecule has 0 spiro atoms. The van der Waals surface area contributed by atoms with Gasteiger partial charge in [-0.3, -0.25) is 0 Å². The average molecular weight is 285 g/mol. The van der Waals surface area contributed by atoms with Crippen LogP contribution in [-0.2, 0) is 0 Å². The first-order chi connectivity index (χ1) is 10.3. The number of hydrogen-bond acceptors (Lipinski definition) is 4. The van der Waals surface area contributed by atoms with Crippen LogP contribution in [0.5, 0.6) is 17.2 Å². The largest absolute Gasteiger partial charge is 0.496 e. The topological polar surface area (TPSA) is 53.7 Å². The number of fused-ring (bicyclic) bond motifs is 1. The Labute approximate surface area is 124 Å². The van der Waals surface area contributed by atoms with Gasteiger partial charge in [0.25, 0.3) is 0 Å². The summed E-state index contributed by atoms with van der Waals surface area (Å²) < 4.78 is 16.7. The van der Waals surface area contributed by atoms with Crippen molar-refractivity contribution >= 4 is 0 Å². The standard InChI is InChI=1S/C17H19NO3/c1-19-14-8-5-9-15(20-2)16(14)17(18)12-10-21-13-7-4-3-6-11(12)13/h3-9,12,17H,10,18H2,1-2H3. The number of rotatable bonds is 4. The fourth-order valence-corrected chi connectivity index (χ4v) is 2.89. The van der Waals surface area contributed by atoms with Gasteiger partial charge in [-0.25, -0.2) is 0 Å². The molecule has 2 N–H and O–H groups in total. The zero-order valence-corrected chi connectivity index (χ0v) is 12.2. The third kappa shape index (κ3) is 2.32. The van der Waals surface area contributed by atoms with Crippen molar-refractivity contribution in [1.82, 2.24) is 0 Å². The van der Waals surface area contributed by atoms with Gasteiger partial charge in [0.2, 0.25) is 0 Å². The van der Waals surface area contributed by atoms with Crippen molar-refractivity contribution in [2.45, 2.75) is 12.0 Å². The van der Waals surface area contributed by atoms with E-state index in [-0.39, 0.29) is 12.0 Å². The molecule has 0 aliphatic carbocycles. The maximum absolute atomic E-state index is 6.53. The first-order valence-electron chi connectivity index (χ1n) is 6.94. The number of nitrogens with two attached hydrogens (primary N) is 1. The van der Waals surface area contributed by atoms with E-state index in [4.69, 9.17) is 19.9 Å². The summed E-state index contributed by atoms with van der Waals surface area (Å²) in [6, 6.07) is 13.5. The Hall–Kier alpha value is -2.20. The van der Waals surface area contributed by atoms with E-state index in [1.54, 1.807) is 14.2 Å². The molecular formula is C17H19NO3. The zero-order chi connectivity index (χ0) is 14.8. The van der Waals surface area contributed by atoms with E-state index >= 15 is 0 Å². The van der Waals surface area contributed by atoms with Crippen molar-refractivity contribution < 1.29 is 14.2 Å². The van der Waals surface area contributed by atoms with Crippen molar-refractivity contribution in [2.75, 3.05) is 20.8 Å². The minimum atomic E-state index is -0.250.